The lowest BCUT2D eigenvalue weighted by atomic mass is 10.1. The number of hydrogen-bond donors (Lipinski definition) is 0. The first-order chi connectivity index (χ1) is 7.21. The molecule has 0 fully saturated rings. The van der Waals surface area contributed by atoms with E-state index in [9.17, 15) is 22.0 Å². The number of hydrogen-bond acceptors (Lipinski definition) is 1. The van der Waals surface area contributed by atoms with Crippen LogP contribution in [-0.4, -0.2) is 6.61 Å². The van der Waals surface area contributed by atoms with Gasteiger partial charge in [0.15, 0.2) is 0 Å². The predicted octanol–water partition coefficient (Wildman–Crippen LogP) is 4.27. The van der Waals surface area contributed by atoms with E-state index in [0.29, 0.717) is 0 Å². The molecule has 0 spiro atoms. The topological polar surface area (TPSA) is 9.23 Å². The second kappa shape index (κ2) is 4.45. The first-order valence-corrected chi connectivity index (χ1v) is 4.41. The van der Waals surface area contributed by atoms with Crippen molar-refractivity contribution in [3.05, 3.63) is 28.3 Å². The minimum atomic E-state index is -4.71. The molecule has 0 aliphatic rings. The molecule has 0 amide bonds. The molecule has 0 N–H and O–H groups in total. The molecule has 90 valence electrons. The summed E-state index contributed by atoms with van der Waals surface area (Å²) in [5, 5.41) is -0.863. The van der Waals surface area contributed by atoms with E-state index < -0.39 is 29.1 Å². The lowest BCUT2D eigenvalue weighted by Crippen LogP contribution is -2.09. The molecule has 0 unspecified atom stereocenters. The van der Waals surface area contributed by atoms with E-state index in [1.54, 1.807) is 0 Å². The van der Waals surface area contributed by atoms with Crippen molar-refractivity contribution in [2.45, 2.75) is 19.7 Å². The standard InChI is InChI=1S/C9H6ClF5O/c1-4-2-5(9(13,14)15)7(10)6(3-4)16-8(11)12/h2-3,8H,1H3. The second-order valence-electron chi connectivity index (χ2n) is 3.00. The Morgan fingerprint density at radius 3 is 2.25 bits per heavy atom. The molecule has 0 saturated carbocycles. The van der Waals surface area contributed by atoms with Gasteiger partial charge in [-0.3, -0.25) is 0 Å². The van der Waals surface area contributed by atoms with Crippen molar-refractivity contribution in [1.29, 1.82) is 0 Å². The Morgan fingerprint density at radius 1 is 1.25 bits per heavy atom. The van der Waals surface area contributed by atoms with Crippen LogP contribution in [0.2, 0.25) is 5.02 Å². The highest BCUT2D eigenvalue weighted by molar-refractivity contribution is 6.32. The fraction of sp³-hybridized carbons (Fsp3) is 0.333. The summed E-state index contributed by atoms with van der Waals surface area (Å²) in [7, 11) is 0. The van der Waals surface area contributed by atoms with Crippen LogP contribution >= 0.6 is 11.6 Å². The molecule has 1 nitrogen and oxygen atoms in total. The molecule has 1 rings (SSSR count). The minimum Gasteiger partial charge on any atom is -0.433 e. The van der Waals surface area contributed by atoms with Gasteiger partial charge in [-0.1, -0.05) is 11.6 Å². The van der Waals surface area contributed by atoms with E-state index in [2.05, 4.69) is 4.74 Å². The quantitative estimate of drug-likeness (QED) is 0.722. The highest BCUT2D eigenvalue weighted by Crippen LogP contribution is 2.40. The lowest BCUT2D eigenvalue weighted by molar-refractivity contribution is -0.137. The van der Waals surface area contributed by atoms with Crippen LogP contribution in [-0.2, 0) is 6.18 Å². The van der Waals surface area contributed by atoms with Gasteiger partial charge in [0.25, 0.3) is 0 Å². The Labute approximate surface area is 92.8 Å². The molecule has 0 radical (unpaired) electrons. The zero-order valence-corrected chi connectivity index (χ0v) is 8.66. The van der Waals surface area contributed by atoms with Gasteiger partial charge in [-0.2, -0.15) is 22.0 Å². The van der Waals surface area contributed by atoms with Crippen molar-refractivity contribution in [2.24, 2.45) is 0 Å². The molecule has 1 aromatic carbocycles. The van der Waals surface area contributed by atoms with Crippen molar-refractivity contribution in [3.8, 4) is 5.75 Å². The summed E-state index contributed by atoms with van der Waals surface area (Å²) in [5.41, 5.74) is -1.06. The van der Waals surface area contributed by atoms with Gasteiger partial charge in [0.05, 0.1) is 10.6 Å². The maximum atomic E-state index is 12.4. The summed E-state index contributed by atoms with van der Waals surface area (Å²) in [6.45, 7) is -1.90. The van der Waals surface area contributed by atoms with Gasteiger partial charge < -0.3 is 4.74 Å². The summed E-state index contributed by atoms with van der Waals surface area (Å²) >= 11 is 5.33. The van der Waals surface area contributed by atoms with Gasteiger partial charge in [0.1, 0.15) is 5.75 Å². The molecule has 0 aliphatic carbocycles. The van der Waals surface area contributed by atoms with Crippen LogP contribution in [0.1, 0.15) is 11.1 Å². The first-order valence-electron chi connectivity index (χ1n) is 4.04. The highest BCUT2D eigenvalue weighted by Gasteiger charge is 2.35. The number of halogens is 6. The van der Waals surface area contributed by atoms with E-state index in [1.165, 1.54) is 6.92 Å². The largest absolute Gasteiger partial charge is 0.433 e. The number of ether oxygens (including phenoxy) is 1. The summed E-state index contributed by atoms with van der Waals surface area (Å²) < 4.78 is 64.9. The molecular weight excluding hydrogens is 255 g/mol. The Bertz CT molecular complexity index is 388. The smallest absolute Gasteiger partial charge is 0.417 e. The zero-order valence-electron chi connectivity index (χ0n) is 7.91. The van der Waals surface area contributed by atoms with Crippen LogP contribution in [0, 0.1) is 6.92 Å². The van der Waals surface area contributed by atoms with Gasteiger partial charge in [-0.25, -0.2) is 0 Å². The fourth-order valence-corrected chi connectivity index (χ4v) is 1.38. The van der Waals surface area contributed by atoms with Gasteiger partial charge in [-0.15, -0.1) is 0 Å². The third-order valence-electron chi connectivity index (χ3n) is 1.71. The van der Waals surface area contributed by atoms with E-state index >= 15 is 0 Å². The van der Waals surface area contributed by atoms with Crippen LogP contribution < -0.4 is 4.74 Å². The van der Waals surface area contributed by atoms with Gasteiger partial charge in [0, 0.05) is 0 Å². The van der Waals surface area contributed by atoms with Gasteiger partial charge in [-0.05, 0) is 24.6 Å². The Balaban J connectivity index is 3.26. The molecule has 16 heavy (non-hydrogen) atoms. The minimum absolute atomic E-state index is 0.132. The van der Waals surface area contributed by atoms with Crippen LogP contribution in [0.4, 0.5) is 22.0 Å². The second-order valence-corrected chi connectivity index (χ2v) is 3.38. The van der Waals surface area contributed by atoms with Crippen molar-refractivity contribution < 1.29 is 26.7 Å². The molecule has 0 heterocycles. The average Bonchev–Trinajstić information content (AvgIpc) is 2.07. The average molecular weight is 261 g/mol. The molecule has 0 saturated heterocycles. The van der Waals surface area contributed by atoms with Crippen molar-refractivity contribution in [2.75, 3.05) is 0 Å². The first kappa shape index (κ1) is 13.0. The molecule has 1 aromatic rings. The highest BCUT2D eigenvalue weighted by atomic mass is 35.5. The third-order valence-corrected chi connectivity index (χ3v) is 2.09. The molecule has 0 aliphatic heterocycles. The number of rotatable bonds is 2. The maximum absolute atomic E-state index is 12.4. The summed E-state index contributed by atoms with van der Waals surface area (Å²) in [6.07, 6.45) is -4.71. The third kappa shape index (κ3) is 2.98. The lowest BCUT2D eigenvalue weighted by Gasteiger charge is -2.14. The number of aryl methyl sites for hydroxylation is 1. The molecule has 0 bridgehead atoms. The predicted molar refractivity (Wildman–Crippen MR) is 47.8 cm³/mol. The number of benzene rings is 1. The molecular formula is C9H6ClF5O. The monoisotopic (exact) mass is 260 g/mol. The maximum Gasteiger partial charge on any atom is 0.417 e. The Morgan fingerprint density at radius 2 is 1.81 bits per heavy atom. The van der Waals surface area contributed by atoms with Crippen LogP contribution in [0.5, 0.6) is 5.75 Å². The normalized spacial score (nSPS) is 12.0. The van der Waals surface area contributed by atoms with E-state index in [-0.39, 0.29) is 5.56 Å². The van der Waals surface area contributed by atoms with Crippen LogP contribution in [0.15, 0.2) is 12.1 Å². The summed E-state index contributed by atoms with van der Waals surface area (Å²) in [5.74, 6) is -0.677. The Kier molecular flexibility index (Phi) is 3.62. The fourth-order valence-electron chi connectivity index (χ4n) is 1.12. The van der Waals surface area contributed by atoms with Gasteiger partial charge in [0.2, 0.25) is 0 Å². The number of alkyl halides is 5. The van der Waals surface area contributed by atoms with Gasteiger partial charge >= 0.3 is 12.8 Å². The van der Waals surface area contributed by atoms with E-state index in [4.69, 9.17) is 11.6 Å². The molecule has 0 atom stereocenters. The van der Waals surface area contributed by atoms with Crippen LogP contribution in [0.3, 0.4) is 0 Å². The Hall–Kier alpha value is -1.04. The zero-order chi connectivity index (χ0) is 12.5. The van der Waals surface area contributed by atoms with Crippen molar-refractivity contribution in [1.82, 2.24) is 0 Å². The summed E-state index contributed by atoms with van der Waals surface area (Å²) in [4.78, 5) is 0. The van der Waals surface area contributed by atoms with E-state index in [1.807, 2.05) is 0 Å². The van der Waals surface area contributed by atoms with Crippen molar-refractivity contribution >= 4 is 11.6 Å². The van der Waals surface area contributed by atoms with Crippen LogP contribution in [0.25, 0.3) is 0 Å². The molecule has 0 aromatic heterocycles. The molecule has 7 heteroatoms. The summed E-state index contributed by atoms with van der Waals surface area (Å²) in [6, 6.07) is 1.78. The van der Waals surface area contributed by atoms with E-state index in [0.717, 1.165) is 12.1 Å². The SMILES string of the molecule is Cc1cc(OC(F)F)c(Cl)c(C(F)(F)F)c1. The van der Waals surface area contributed by atoms with Crippen molar-refractivity contribution in [3.63, 3.8) is 0 Å².